The molecule has 0 fully saturated rings. The number of ether oxygens (including phenoxy) is 1. The van der Waals surface area contributed by atoms with E-state index < -0.39 is 0 Å². The molecular weight excluding hydrogens is 330 g/mol. The Kier molecular flexibility index (Phi) is 5.41. The molecule has 0 unspecified atom stereocenters. The van der Waals surface area contributed by atoms with E-state index in [0.717, 1.165) is 47.4 Å². The van der Waals surface area contributed by atoms with Crippen LogP contribution < -0.4 is 15.5 Å². The molecule has 2 aromatic rings. The van der Waals surface area contributed by atoms with Crippen molar-refractivity contribution in [3.8, 4) is 11.5 Å². The summed E-state index contributed by atoms with van der Waals surface area (Å²) in [4.78, 5) is 12.1. The third-order valence-electron chi connectivity index (χ3n) is 4.52. The second kappa shape index (κ2) is 7.91. The Morgan fingerprint density at radius 1 is 1.23 bits per heavy atom. The second-order valence-corrected chi connectivity index (χ2v) is 6.26. The molecule has 0 spiro atoms. The monoisotopic (exact) mass is 353 g/mol. The Bertz CT molecular complexity index is 846. The summed E-state index contributed by atoms with van der Waals surface area (Å²) in [5.41, 5.74) is 7.05. The van der Waals surface area contributed by atoms with Gasteiger partial charge in [0.05, 0.1) is 25.1 Å². The lowest BCUT2D eigenvalue weighted by Crippen LogP contribution is -2.28. The van der Waals surface area contributed by atoms with Gasteiger partial charge in [0.25, 0.3) is 5.91 Å². The highest BCUT2D eigenvalue weighted by Crippen LogP contribution is 2.31. The highest BCUT2D eigenvalue weighted by atomic mass is 16.5. The minimum Gasteiger partial charge on any atom is -0.507 e. The van der Waals surface area contributed by atoms with Crippen molar-refractivity contribution in [1.82, 2.24) is 5.43 Å². The molecular formula is C20H23N3O3. The fourth-order valence-electron chi connectivity index (χ4n) is 3.19. The Hall–Kier alpha value is -3.02. The number of hydrogen-bond donors (Lipinski definition) is 3. The van der Waals surface area contributed by atoms with Crippen LogP contribution in [-0.2, 0) is 11.2 Å². The van der Waals surface area contributed by atoms with Crippen LogP contribution in [0.3, 0.4) is 0 Å². The number of amides is 1. The average molecular weight is 353 g/mol. The summed E-state index contributed by atoms with van der Waals surface area (Å²) in [6.07, 6.45) is 2.59. The Morgan fingerprint density at radius 3 is 2.85 bits per heavy atom. The zero-order chi connectivity index (χ0) is 18.5. The SMILES string of the molecule is COc1ccccc1NCC(=O)N/N=C1\CCCc2c(C)ccc(O)c21. The number of rotatable bonds is 5. The summed E-state index contributed by atoms with van der Waals surface area (Å²) in [5, 5.41) is 17.5. The number of hydrazone groups is 1. The number of fused-ring (bicyclic) bond motifs is 1. The van der Waals surface area contributed by atoms with E-state index in [2.05, 4.69) is 15.8 Å². The van der Waals surface area contributed by atoms with Crippen LogP contribution in [0.15, 0.2) is 41.5 Å². The van der Waals surface area contributed by atoms with Gasteiger partial charge < -0.3 is 15.2 Å². The predicted octanol–water partition coefficient (Wildman–Crippen LogP) is 2.98. The first kappa shape index (κ1) is 17.8. The first-order valence-electron chi connectivity index (χ1n) is 8.64. The van der Waals surface area contributed by atoms with Crippen molar-refractivity contribution in [2.75, 3.05) is 19.0 Å². The number of anilines is 1. The van der Waals surface area contributed by atoms with Crippen LogP contribution in [0.4, 0.5) is 5.69 Å². The zero-order valence-corrected chi connectivity index (χ0v) is 15.0. The van der Waals surface area contributed by atoms with Gasteiger partial charge in [0, 0.05) is 5.56 Å². The zero-order valence-electron chi connectivity index (χ0n) is 15.0. The number of para-hydroxylation sites is 2. The number of phenols is 1. The molecule has 0 radical (unpaired) electrons. The second-order valence-electron chi connectivity index (χ2n) is 6.26. The van der Waals surface area contributed by atoms with E-state index in [9.17, 15) is 9.90 Å². The molecule has 0 saturated heterocycles. The molecule has 1 aliphatic carbocycles. The van der Waals surface area contributed by atoms with Gasteiger partial charge in [-0.05, 0) is 55.5 Å². The smallest absolute Gasteiger partial charge is 0.259 e. The Balaban J connectivity index is 1.68. The van der Waals surface area contributed by atoms with Crippen LogP contribution in [0.2, 0.25) is 0 Å². The van der Waals surface area contributed by atoms with Gasteiger partial charge in [-0.1, -0.05) is 18.2 Å². The highest BCUT2D eigenvalue weighted by Gasteiger charge is 2.21. The summed E-state index contributed by atoms with van der Waals surface area (Å²) in [6.45, 7) is 2.10. The van der Waals surface area contributed by atoms with Gasteiger partial charge in [0.2, 0.25) is 0 Å². The van der Waals surface area contributed by atoms with Crippen LogP contribution in [0, 0.1) is 6.92 Å². The number of nitrogens with one attached hydrogen (secondary N) is 2. The van der Waals surface area contributed by atoms with Crippen molar-refractivity contribution < 1.29 is 14.6 Å². The standard InChI is InChI=1S/C20H23N3O3/c1-13-10-11-17(24)20-14(13)6-5-8-16(20)22-23-19(25)12-21-15-7-3-4-9-18(15)26-2/h3-4,7,9-11,21,24H,5-6,8,12H2,1-2H3,(H,23,25)/b22-16+. The maximum absolute atomic E-state index is 12.1. The van der Waals surface area contributed by atoms with Crippen LogP contribution in [-0.4, -0.2) is 30.4 Å². The summed E-state index contributed by atoms with van der Waals surface area (Å²) in [7, 11) is 1.58. The largest absolute Gasteiger partial charge is 0.507 e. The molecule has 3 rings (SSSR count). The van der Waals surface area contributed by atoms with E-state index in [1.807, 2.05) is 37.3 Å². The van der Waals surface area contributed by atoms with Gasteiger partial charge in [0.15, 0.2) is 0 Å². The van der Waals surface area contributed by atoms with Crippen molar-refractivity contribution in [2.24, 2.45) is 5.10 Å². The molecule has 0 saturated carbocycles. The number of methoxy groups -OCH3 is 1. The van der Waals surface area contributed by atoms with E-state index in [-0.39, 0.29) is 18.2 Å². The third kappa shape index (κ3) is 3.79. The number of aryl methyl sites for hydroxylation is 1. The lowest BCUT2D eigenvalue weighted by atomic mass is 9.86. The average Bonchev–Trinajstić information content (AvgIpc) is 2.67. The molecule has 136 valence electrons. The Labute approximate surface area is 152 Å². The summed E-state index contributed by atoms with van der Waals surface area (Å²) in [6, 6.07) is 11.0. The number of carbonyl (C=O) groups excluding carboxylic acids is 1. The maximum atomic E-state index is 12.1. The molecule has 1 aliphatic rings. The maximum Gasteiger partial charge on any atom is 0.259 e. The van der Waals surface area contributed by atoms with Gasteiger partial charge in [-0.3, -0.25) is 4.79 Å². The van der Waals surface area contributed by atoms with E-state index >= 15 is 0 Å². The summed E-state index contributed by atoms with van der Waals surface area (Å²) < 4.78 is 5.25. The minimum atomic E-state index is -0.261. The molecule has 26 heavy (non-hydrogen) atoms. The first-order valence-corrected chi connectivity index (χ1v) is 8.64. The molecule has 3 N–H and O–H groups in total. The normalized spacial score (nSPS) is 14.6. The highest BCUT2D eigenvalue weighted by molar-refractivity contribution is 6.05. The molecule has 6 heteroatoms. The van der Waals surface area contributed by atoms with Crippen LogP contribution in [0.5, 0.6) is 11.5 Å². The molecule has 0 aliphatic heterocycles. The van der Waals surface area contributed by atoms with Crippen LogP contribution in [0.1, 0.15) is 29.5 Å². The number of benzene rings is 2. The fraction of sp³-hybridized carbons (Fsp3) is 0.300. The van der Waals surface area contributed by atoms with E-state index in [0.29, 0.717) is 5.75 Å². The molecule has 0 heterocycles. The summed E-state index contributed by atoms with van der Waals surface area (Å²) in [5.74, 6) is 0.626. The quantitative estimate of drug-likeness (QED) is 0.722. The van der Waals surface area contributed by atoms with E-state index in [1.165, 1.54) is 0 Å². The minimum absolute atomic E-state index is 0.0732. The van der Waals surface area contributed by atoms with Crippen molar-refractivity contribution in [2.45, 2.75) is 26.2 Å². The number of carbonyl (C=O) groups is 1. The van der Waals surface area contributed by atoms with Gasteiger partial charge in [0.1, 0.15) is 11.5 Å². The fourth-order valence-corrected chi connectivity index (χ4v) is 3.19. The first-order chi connectivity index (χ1) is 12.6. The lowest BCUT2D eigenvalue weighted by Gasteiger charge is -2.21. The number of nitrogens with zero attached hydrogens (tertiary/aromatic N) is 1. The van der Waals surface area contributed by atoms with Gasteiger partial charge in [-0.2, -0.15) is 5.10 Å². The van der Waals surface area contributed by atoms with Crippen molar-refractivity contribution in [1.29, 1.82) is 0 Å². The van der Waals surface area contributed by atoms with Crippen molar-refractivity contribution in [3.63, 3.8) is 0 Å². The number of hydrogen-bond acceptors (Lipinski definition) is 5. The van der Waals surface area contributed by atoms with Crippen molar-refractivity contribution in [3.05, 3.63) is 53.1 Å². The number of phenolic OH excluding ortho intramolecular Hbond substituents is 1. The molecule has 1 amide bonds. The van der Waals surface area contributed by atoms with E-state index in [1.54, 1.807) is 13.2 Å². The Morgan fingerprint density at radius 2 is 2.04 bits per heavy atom. The van der Waals surface area contributed by atoms with Crippen LogP contribution in [0.25, 0.3) is 0 Å². The molecule has 0 aromatic heterocycles. The topological polar surface area (TPSA) is 83.0 Å². The van der Waals surface area contributed by atoms with Gasteiger partial charge in [-0.25, -0.2) is 5.43 Å². The summed E-state index contributed by atoms with van der Waals surface area (Å²) >= 11 is 0. The number of aromatic hydroxyl groups is 1. The molecule has 0 bridgehead atoms. The van der Waals surface area contributed by atoms with E-state index in [4.69, 9.17) is 4.74 Å². The third-order valence-corrected chi connectivity index (χ3v) is 4.52. The molecule has 0 atom stereocenters. The molecule has 6 nitrogen and oxygen atoms in total. The lowest BCUT2D eigenvalue weighted by molar-refractivity contribution is -0.119. The van der Waals surface area contributed by atoms with Crippen molar-refractivity contribution >= 4 is 17.3 Å². The van der Waals surface area contributed by atoms with Gasteiger partial charge >= 0.3 is 0 Å². The van der Waals surface area contributed by atoms with Crippen LogP contribution >= 0.6 is 0 Å². The van der Waals surface area contributed by atoms with Gasteiger partial charge in [-0.15, -0.1) is 0 Å². The predicted molar refractivity (Wildman–Crippen MR) is 102 cm³/mol. The molecule has 2 aromatic carbocycles.